The fourth-order valence-corrected chi connectivity index (χ4v) is 1.86. The minimum Gasteiger partial charge on any atom is -0.488 e. The van der Waals surface area contributed by atoms with Crippen LogP contribution < -0.4 is 4.74 Å². The second-order valence-electron chi connectivity index (χ2n) is 5.05. The van der Waals surface area contributed by atoms with Crippen molar-refractivity contribution in [1.29, 1.82) is 0 Å². The summed E-state index contributed by atoms with van der Waals surface area (Å²) < 4.78 is 5.80. The van der Waals surface area contributed by atoms with Gasteiger partial charge in [0.15, 0.2) is 0 Å². The van der Waals surface area contributed by atoms with Crippen LogP contribution in [-0.2, 0) is 5.60 Å². The zero-order valence-electron chi connectivity index (χ0n) is 10.1. The fraction of sp³-hybridized carbons (Fsp3) is 0.538. The van der Waals surface area contributed by atoms with Crippen molar-refractivity contribution in [2.75, 3.05) is 20.1 Å². The summed E-state index contributed by atoms with van der Waals surface area (Å²) in [4.78, 5) is 2.21. The SMILES string of the molecule is CN1CC(Oc2cccc(C(C)(C)O)c2)C1. The first kappa shape index (κ1) is 11.4. The molecule has 1 heterocycles. The molecule has 1 N–H and O–H groups in total. The van der Waals surface area contributed by atoms with E-state index in [1.807, 2.05) is 24.3 Å². The number of likely N-dealkylation sites (tertiary alicyclic amines) is 1. The number of rotatable bonds is 3. The molecule has 16 heavy (non-hydrogen) atoms. The molecule has 88 valence electrons. The van der Waals surface area contributed by atoms with Gasteiger partial charge >= 0.3 is 0 Å². The normalized spacial score (nSPS) is 18.2. The molecule has 0 aromatic heterocycles. The van der Waals surface area contributed by atoms with Crippen molar-refractivity contribution in [2.24, 2.45) is 0 Å². The molecule has 0 aliphatic carbocycles. The van der Waals surface area contributed by atoms with Crippen molar-refractivity contribution in [3.05, 3.63) is 29.8 Å². The van der Waals surface area contributed by atoms with Crippen molar-refractivity contribution in [3.63, 3.8) is 0 Å². The third-order valence-corrected chi connectivity index (χ3v) is 2.87. The monoisotopic (exact) mass is 221 g/mol. The van der Waals surface area contributed by atoms with Crippen molar-refractivity contribution >= 4 is 0 Å². The average molecular weight is 221 g/mol. The molecule has 3 heteroatoms. The zero-order valence-corrected chi connectivity index (χ0v) is 10.1. The minimum absolute atomic E-state index is 0.294. The highest BCUT2D eigenvalue weighted by Crippen LogP contribution is 2.25. The molecule has 1 saturated heterocycles. The van der Waals surface area contributed by atoms with Crippen LogP contribution in [-0.4, -0.2) is 36.2 Å². The number of ether oxygens (including phenoxy) is 1. The topological polar surface area (TPSA) is 32.7 Å². The van der Waals surface area contributed by atoms with Crippen LogP contribution in [0.15, 0.2) is 24.3 Å². The molecule has 0 bridgehead atoms. The molecule has 1 aliphatic rings. The largest absolute Gasteiger partial charge is 0.488 e. The number of nitrogens with zero attached hydrogens (tertiary/aromatic N) is 1. The lowest BCUT2D eigenvalue weighted by molar-refractivity contribution is 0.0378. The Morgan fingerprint density at radius 1 is 1.38 bits per heavy atom. The quantitative estimate of drug-likeness (QED) is 0.841. The minimum atomic E-state index is -0.810. The summed E-state index contributed by atoms with van der Waals surface area (Å²) in [6.07, 6.45) is 0.294. The van der Waals surface area contributed by atoms with Crippen molar-refractivity contribution in [2.45, 2.75) is 25.6 Å². The van der Waals surface area contributed by atoms with Gasteiger partial charge in [0.25, 0.3) is 0 Å². The van der Waals surface area contributed by atoms with Gasteiger partial charge in [-0.15, -0.1) is 0 Å². The van der Waals surface area contributed by atoms with Crippen molar-refractivity contribution in [1.82, 2.24) is 4.90 Å². The fourth-order valence-electron chi connectivity index (χ4n) is 1.86. The molecule has 2 rings (SSSR count). The maximum Gasteiger partial charge on any atom is 0.124 e. The summed E-state index contributed by atoms with van der Waals surface area (Å²) in [6, 6.07) is 7.69. The van der Waals surface area contributed by atoms with Crippen LogP contribution in [0.4, 0.5) is 0 Å². The van der Waals surface area contributed by atoms with E-state index in [2.05, 4.69) is 11.9 Å². The van der Waals surface area contributed by atoms with Gasteiger partial charge in [0.1, 0.15) is 11.9 Å². The van der Waals surface area contributed by atoms with Crippen molar-refractivity contribution < 1.29 is 9.84 Å². The molecular weight excluding hydrogens is 202 g/mol. The molecule has 3 nitrogen and oxygen atoms in total. The lowest BCUT2D eigenvalue weighted by atomic mass is 9.98. The molecule has 0 radical (unpaired) electrons. The van der Waals surface area contributed by atoms with E-state index in [9.17, 15) is 5.11 Å². The van der Waals surface area contributed by atoms with Crippen LogP contribution in [0, 0.1) is 0 Å². The smallest absolute Gasteiger partial charge is 0.124 e. The predicted molar refractivity (Wildman–Crippen MR) is 63.6 cm³/mol. The van der Waals surface area contributed by atoms with Gasteiger partial charge in [-0.2, -0.15) is 0 Å². The van der Waals surface area contributed by atoms with Gasteiger partial charge in [-0.25, -0.2) is 0 Å². The molecule has 0 atom stereocenters. The third-order valence-electron chi connectivity index (χ3n) is 2.87. The van der Waals surface area contributed by atoms with E-state index >= 15 is 0 Å². The Labute approximate surface area is 96.6 Å². The van der Waals surface area contributed by atoms with Gasteiger partial charge in [-0.05, 0) is 38.6 Å². The predicted octanol–water partition coefficient (Wildman–Crippen LogP) is 1.61. The van der Waals surface area contributed by atoms with E-state index in [1.54, 1.807) is 13.8 Å². The maximum atomic E-state index is 9.90. The van der Waals surface area contributed by atoms with Gasteiger partial charge in [0, 0.05) is 13.1 Å². The van der Waals surface area contributed by atoms with Crippen LogP contribution >= 0.6 is 0 Å². The van der Waals surface area contributed by atoms with Crippen LogP contribution in [0.25, 0.3) is 0 Å². The number of benzene rings is 1. The highest BCUT2D eigenvalue weighted by molar-refractivity contribution is 5.31. The van der Waals surface area contributed by atoms with Crippen molar-refractivity contribution in [3.8, 4) is 5.75 Å². The summed E-state index contributed by atoms with van der Waals surface area (Å²) in [5.41, 5.74) is 0.0770. The van der Waals surface area contributed by atoms with Crippen LogP contribution in [0.5, 0.6) is 5.75 Å². The first-order chi connectivity index (χ1) is 7.45. The maximum absolute atomic E-state index is 9.90. The molecular formula is C13H19NO2. The Hall–Kier alpha value is -1.06. The molecule has 0 spiro atoms. The highest BCUT2D eigenvalue weighted by atomic mass is 16.5. The standard InChI is InChI=1S/C13H19NO2/c1-13(2,15)10-5-4-6-11(7-10)16-12-8-14(3)9-12/h4-7,12,15H,8-9H2,1-3H3. The van der Waals surface area contributed by atoms with Gasteiger partial charge in [0.2, 0.25) is 0 Å². The van der Waals surface area contributed by atoms with Crippen LogP contribution in [0.3, 0.4) is 0 Å². The molecule has 1 aromatic rings. The summed E-state index contributed by atoms with van der Waals surface area (Å²) in [5, 5.41) is 9.90. The Kier molecular flexibility index (Phi) is 2.91. The molecule has 1 aromatic carbocycles. The number of likely N-dealkylation sites (N-methyl/N-ethyl adjacent to an activating group) is 1. The molecule has 0 saturated carbocycles. The number of aliphatic hydroxyl groups is 1. The molecule has 1 fully saturated rings. The Morgan fingerprint density at radius 3 is 2.62 bits per heavy atom. The molecule has 0 amide bonds. The average Bonchev–Trinajstić information content (AvgIpc) is 2.14. The first-order valence-electron chi connectivity index (χ1n) is 5.63. The summed E-state index contributed by atoms with van der Waals surface area (Å²) in [6.45, 7) is 5.52. The second kappa shape index (κ2) is 4.07. The van der Waals surface area contributed by atoms with Crippen LogP contribution in [0.1, 0.15) is 19.4 Å². The Bertz CT molecular complexity index is 364. The van der Waals surface area contributed by atoms with E-state index in [0.717, 1.165) is 24.4 Å². The van der Waals surface area contributed by atoms with E-state index in [-0.39, 0.29) is 0 Å². The second-order valence-corrected chi connectivity index (χ2v) is 5.05. The van der Waals surface area contributed by atoms with Gasteiger partial charge < -0.3 is 9.84 Å². The Balaban J connectivity index is 2.05. The lowest BCUT2D eigenvalue weighted by Gasteiger charge is -2.36. The van der Waals surface area contributed by atoms with E-state index in [0.29, 0.717) is 6.10 Å². The summed E-state index contributed by atoms with van der Waals surface area (Å²) in [5.74, 6) is 0.845. The summed E-state index contributed by atoms with van der Waals surface area (Å²) in [7, 11) is 2.08. The first-order valence-corrected chi connectivity index (χ1v) is 5.63. The van der Waals surface area contributed by atoms with Gasteiger partial charge in [-0.1, -0.05) is 12.1 Å². The molecule has 0 unspecified atom stereocenters. The third kappa shape index (κ3) is 2.54. The summed E-state index contributed by atoms with van der Waals surface area (Å²) >= 11 is 0. The van der Waals surface area contributed by atoms with Gasteiger partial charge in [0.05, 0.1) is 5.60 Å². The lowest BCUT2D eigenvalue weighted by Crippen LogP contribution is -2.51. The molecule has 1 aliphatic heterocycles. The van der Waals surface area contributed by atoms with E-state index in [4.69, 9.17) is 4.74 Å². The Morgan fingerprint density at radius 2 is 2.06 bits per heavy atom. The number of hydrogen-bond acceptors (Lipinski definition) is 3. The van der Waals surface area contributed by atoms with Crippen LogP contribution in [0.2, 0.25) is 0 Å². The highest BCUT2D eigenvalue weighted by Gasteiger charge is 2.25. The van der Waals surface area contributed by atoms with Gasteiger partial charge in [-0.3, -0.25) is 4.90 Å². The zero-order chi connectivity index (χ0) is 11.8. The van der Waals surface area contributed by atoms with E-state index < -0.39 is 5.60 Å². The van der Waals surface area contributed by atoms with E-state index in [1.165, 1.54) is 0 Å². The number of hydrogen-bond donors (Lipinski definition) is 1.